The van der Waals surface area contributed by atoms with Crippen LogP contribution in [0.3, 0.4) is 0 Å². The highest BCUT2D eigenvalue weighted by atomic mass is 19.3. The van der Waals surface area contributed by atoms with Crippen molar-refractivity contribution in [2.75, 3.05) is 6.54 Å². The van der Waals surface area contributed by atoms with E-state index in [1.54, 1.807) is 18.5 Å². The molecule has 1 unspecified atom stereocenters. The number of hydrogen-bond acceptors (Lipinski definition) is 4. The van der Waals surface area contributed by atoms with Crippen LogP contribution in [0.1, 0.15) is 23.7 Å². The van der Waals surface area contributed by atoms with Gasteiger partial charge < -0.3 is 15.2 Å². The van der Waals surface area contributed by atoms with Crippen molar-refractivity contribution in [2.45, 2.75) is 25.6 Å². The number of aliphatic hydroxyl groups excluding tert-OH is 1. The lowest BCUT2D eigenvalue weighted by Gasteiger charge is -2.13. The molecule has 5 nitrogen and oxygen atoms in total. The fourth-order valence-corrected chi connectivity index (χ4v) is 2.12. The average molecular weight is 336 g/mol. The molecular weight excluding hydrogens is 318 g/mol. The Hall–Kier alpha value is -2.54. The molecule has 0 radical (unpaired) electrons. The molecule has 0 saturated heterocycles. The first-order valence-corrected chi connectivity index (χ1v) is 7.43. The number of alkyl halides is 2. The van der Waals surface area contributed by atoms with E-state index in [-0.39, 0.29) is 24.6 Å². The third kappa shape index (κ3) is 5.92. The third-order valence-corrected chi connectivity index (χ3v) is 3.35. The molecule has 7 heteroatoms. The topological polar surface area (TPSA) is 71.5 Å². The number of aryl methyl sites for hydroxylation is 1. The van der Waals surface area contributed by atoms with Crippen LogP contribution >= 0.6 is 0 Å². The summed E-state index contributed by atoms with van der Waals surface area (Å²) < 4.78 is 28.7. The van der Waals surface area contributed by atoms with Gasteiger partial charge in [0.2, 0.25) is 5.91 Å². The normalized spacial score (nSPS) is 12.0. The van der Waals surface area contributed by atoms with Crippen LogP contribution in [-0.2, 0) is 11.2 Å². The first-order valence-electron chi connectivity index (χ1n) is 7.43. The zero-order valence-corrected chi connectivity index (χ0v) is 12.9. The number of nitrogens with one attached hydrogen (secondary N) is 1. The predicted octanol–water partition coefficient (Wildman–Crippen LogP) is 2.47. The second-order valence-electron chi connectivity index (χ2n) is 5.13. The number of halogens is 2. The van der Waals surface area contributed by atoms with Crippen LogP contribution in [0.15, 0.2) is 48.8 Å². The number of aliphatic hydroxyl groups is 1. The first-order chi connectivity index (χ1) is 11.5. The minimum atomic E-state index is -2.93. The van der Waals surface area contributed by atoms with Crippen molar-refractivity contribution in [3.8, 4) is 5.75 Å². The Kier molecular flexibility index (Phi) is 6.62. The summed E-state index contributed by atoms with van der Waals surface area (Å²) >= 11 is 0. The number of rotatable bonds is 8. The lowest BCUT2D eigenvalue weighted by Crippen LogP contribution is -2.28. The Morgan fingerprint density at radius 2 is 2.00 bits per heavy atom. The highest BCUT2D eigenvalue weighted by Crippen LogP contribution is 2.20. The third-order valence-electron chi connectivity index (χ3n) is 3.35. The van der Waals surface area contributed by atoms with Crippen LogP contribution < -0.4 is 10.1 Å². The zero-order chi connectivity index (χ0) is 17.4. The van der Waals surface area contributed by atoms with E-state index in [9.17, 15) is 18.7 Å². The summed E-state index contributed by atoms with van der Waals surface area (Å²) in [4.78, 5) is 15.7. The van der Waals surface area contributed by atoms with E-state index in [4.69, 9.17) is 0 Å². The van der Waals surface area contributed by atoms with Gasteiger partial charge >= 0.3 is 6.61 Å². The van der Waals surface area contributed by atoms with Crippen LogP contribution in [-0.4, -0.2) is 29.2 Å². The second kappa shape index (κ2) is 8.93. The molecule has 24 heavy (non-hydrogen) atoms. The van der Waals surface area contributed by atoms with Gasteiger partial charge in [0.25, 0.3) is 0 Å². The number of carbonyl (C=O) groups is 1. The van der Waals surface area contributed by atoms with Crippen molar-refractivity contribution >= 4 is 5.91 Å². The highest BCUT2D eigenvalue weighted by molar-refractivity contribution is 5.76. The number of ether oxygens (including phenoxy) is 1. The van der Waals surface area contributed by atoms with Crippen LogP contribution in [0.4, 0.5) is 8.78 Å². The lowest BCUT2D eigenvalue weighted by molar-refractivity contribution is -0.121. The molecule has 0 aliphatic rings. The van der Waals surface area contributed by atoms with Crippen LogP contribution in [0.25, 0.3) is 0 Å². The average Bonchev–Trinajstić information content (AvgIpc) is 2.58. The highest BCUT2D eigenvalue weighted by Gasteiger charge is 2.12. The van der Waals surface area contributed by atoms with Crippen molar-refractivity contribution in [3.63, 3.8) is 0 Å². The molecule has 2 aromatic rings. The monoisotopic (exact) mass is 336 g/mol. The van der Waals surface area contributed by atoms with Gasteiger partial charge in [0, 0.05) is 25.4 Å². The molecule has 1 atom stereocenters. The van der Waals surface area contributed by atoms with Crippen molar-refractivity contribution in [3.05, 3.63) is 59.9 Å². The van der Waals surface area contributed by atoms with Gasteiger partial charge in [0.15, 0.2) is 0 Å². The van der Waals surface area contributed by atoms with Crippen molar-refractivity contribution < 1.29 is 23.4 Å². The summed E-state index contributed by atoms with van der Waals surface area (Å²) in [5.41, 5.74) is 1.39. The molecule has 0 spiro atoms. The summed E-state index contributed by atoms with van der Waals surface area (Å²) in [5, 5.41) is 12.7. The van der Waals surface area contributed by atoms with E-state index in [1.807, 2.05) is 12.1 Å². The molecule has 2 rings (SSSR count). The van der Waals surface area contributed by atoms with Gasteiger partial charge in [-0.1, -0.05) is 12.1 Å². The zero-order valence-electron chi connectivity index (χ0n) is 12.9. The van der Waals surface area contributed by atoms with Gasteiger partial charge in [-0.15, -0.1) is 0 Å². The minimum absolute atomic E-state index is 0.00664. The van der Waals surface area contributed by atoms with E-state index in [0.717, 1.165) is 5.56 Å². The van der Waals surface area contributed by atoms with Crippen molar-refractivity contribution in [2.24, 2.45) is 0 Å². The summed E-state index contributed by atoms with van der Waals surface area (Å²) in [6.45, 7) is -2.93. The number of aromatic nitrogens is 1. The minimum Gasteiger partial charge on any atom is -0.435 e. The van der Waals surface area contributed by atoms with Crippen LogP contribution in [0.5, 0.6) is 5.75 Å². The Labute approximate surface area is 138 Å². The van der Waals surface area contributed by atoms with E-state index < -0.39 is 12.7 Å². The molecule has 1 aromatic carbocycles. The Balaban J connectivity index is 1.79. The van der Waals surface area contributed by atoms with Gasteiger partial charge in [-0.3, -0.25) is 9.78 Å². The maximum atomic E-state index is 12.2. The Morgan fingerprint density at radius 1 is 1.25 bits per heavy atom. The quantitative estimate of drug-likeness (QED) is 0.777. The summed E-state index contributed by atoms with van der Waals surface area (Å²) in [6, 6.07) is 9.43. The fraction of sp³-hybridized carbons (Fsp3) is 0.294. The molecule has 128 valence electrons. The molecule has 0 bridgehead atoms. The fourth-order valence-electron chi connectivity index (χ4n) is 2.12. The molecule has 1 aromatic heterocycles. The smallest absolute Gasteiger partial charge is 0.387 e. The number of carbonyl (C=O) groups excluding carboxylic acids is 1. The van der Waals surface area contributed by atoms with E-state index in [0.29, 0.717) is 12.0 Å². The number of nitrogens with zero attached hydrogens (tertiary/aromatic N) is 1. The summed E-state index contributed by atoms with van der Waals surface area (Å²) in [6.07, 6.45) is 3.17. The van der Waals surface area contributed by atoms with Crippen molar-refractivity contribution in [1.29, 1.82) is 0 Å². The van der Waals surface area contributed by atoms with Gasteiger partial charge in [-0.05, 0) is 41.8 Å². The van der Waals surface area contributed by atoms with E-state index >= 15 is 0 Å². The van der Waals surface area contributed by atoms with Gasteiger partial charge in [-0.2, -0.15) is 8.78 Å². The number of pyridine rings is 1. The predicted molar refractivity (Wildman–Crippen MR) is 83.6 cm³/mol. The van der Waals surface area contributed by atoms with Gasteiger partial charge in [0.1, 0.15) is 5.75 Å². The van der Waals surface area contributed by atoms with E-state index in [1.165, 1.54) is 18.2 Å². The van der Waals surface area contributed by atoms with Crippen LogP contribution in [0, 0.1) is 0 Å². The first kappa shape index (κ1) is 17.8. The molecule has 0 aliphatic heterocycles. The maximum absolute atomic E-state index is 12.2. The maximum Gasteiger partial charge on any atom is 0.387 e. The number of amides is 1. The Morgan fingerprint density at radius 3 is 2.71 bits per heavy atom. The molecule has 0 fully saturated rings. The second-order valence-corrected chi connectivity index (χ2v) is 5.13. The van der Waals surface area contributed by atoms with Crippen molar-refractivity contribution in [1.82, 2.24) is 10.3 Å². The number of hydrogen-bond donors (Lipinski definition) is 2. The lowest BCUT2D eigenvalue weighted by atomic mass is 10.1. The number of benzene rings is 1. The largest absolute Gasteiger partial charge is 0.435 e. The molecule has 1 amide bonds. The molecule has 0 aliphatic carbocycles. The molecule has 1 heterocycles. The molecule has 0 saturated carbocycles. The summed E-state index contributed by atoms with van der Waals surface area (Å²) in [5.74, 6) is -0.239. The van der Waals surface area contributed by atoms with Gasteiger partial charge in [-0.25, -0.2) is 0 Å². The van der Waals surface area contributed by atoms with E-state index in [2.05, 4.69) is 15.0 Å². The summed E-state index contributed by atoms with van der Waals surface area (Å²) in [7, 11) is 0. The Bertz CT molecular complexity index is 653. The van der Waals surface area contributed by atoms with Crippen LogP contribution in [0.2, 0.25) is 0 Å². The standard InChI is InChI=1S/C17H18F2N2O3/c18-17(19)24-14-3-1-2-13(10-14)15(22)11-21-16(23)5-4-12-6-8-20-9-7-12/h1-3,6-10,15,17,22H,4-5,11H2,(H,21,23). The molecule has 2 N–H and O–H groups in total. The molecular formula is C17H18F2N2O3. The van der Waals surface area contributed by atoms with Gasteiger partial charge in [0.05, 0.1) is 6.10 Å². The SMILES string of the molecule is O=C(CCc1ccncc1)NCC(O)c1cccc(OC(F)F)c1.